The molecule has 0 aromatic heterocycles. The largest absolute Gasteiger partial charge is 0.465 e. The SMILES string of the molecule is COC(=O)C1=CN(c2ccc(C)c(F)c2)c2cc(Br)ccc2S1(=O)=O. The summed E-state index contributed by atoms with van der Waals surface area (Å²) in [6.45, 7) is 1.63. The summed E-state index contributed by atoms with van der Waals surface area (Å²) in [7, 11) is -2.94. The van der Waals surface area contributed by atoms with Crippen molar-refractivity contribution in [3.8, 4) is 0 Å². The standard InChI is InChI=1S/C17H13BrFNO4S/c1-10-3-5-12(8-13(10)19)20-9-16(17(21)24-2)25(22,23)15-6-4-11(18)7-14(15)20/h3-9H,1-2H3. The number of ether oxygens (including phenoxy) is 1. The smallest absolute Gasteiger partial charge is 0.351 e. The molecule has 25 heavy (non-hydrogen) atoms. The maximum Gasteiger partial charge on any atom is 0.351 e. The van der Waals surface area contributed by atoms with Gasteiger partial charge >= 0.3 is 5.97 Å². The van der Waals surface area contributed by atoms with E-state index in [4.69, 9.17) is 0 Å². The summed E-state index contributed by atoms with van der Waals surface area (Å²) < 4.78 is 44.7. The van der Waals surface area contributed by atoms with E-state index < -0.39 is 26.5 Å². The molecule has 0 spiro atoms. The van der Waals surface area contributed by atoms with E-state index in [1.807, 2.05) is 0 Å². The molecule has 1 aliphatic rings. The Morgan fingerprint density at radius 3 is 2.56 bits per heavy atom. The molecule has 0 bridgehead atoms. The highest BCUT2D eigenvalue weighted by Gasteiger charge is 2.36. The van der Waals surface area contributed by atoms with Gasteiger partial charge in [0.2, 0.25) is 9.84 Å². The summed E-state index contributed by atoms with van der Waals surface area (Å²) in [6, 6.07) is 9.05. The zero-order valence-electron chi connectivity index (χ0n) is 13.3. The van der Waals surface area contributed by atoms with Crippen LogP contribution in [0, 0.1) is 12.7 Å². The third-order valence-corrected chi connectivity index (χ3v) is 6.09. The fourth-order valence-corrected chi connectivity index (χ4v) is 4.30. The molecule has 1 heterocycles. The lowest BCUT2D eigenvalue weighted by molar-refractivity contribution is -0.135. The lowest BCUT2D eigenvalue weighted by Crippen LogP contribution is -2.26. The van der Waals surface area contributed by atoms with Crippen LogP contribution in [0.4, 0.5) is 15.8 Å². The minimum Gasteiger partial charge on any atom is -0.465 e. The highest BCUT2D eigenvalue weighted by atomic mass is 79.9. The summed E-state index contributed by atoms with van der Waals surface area (Å²) in [6.07, 6.45) is 1.15. The Balaban J connectivity index is 2.30. The van der Waals surface area contributed by atoms with Gasteiger partial charge in [-0.05, 0) is 42.8 Å². The number of rotatable bonds is 2. The first kappa shape index (κ1) is 17.6. The molecule has 0 fully saturated rings. The second kappa shape index (κ2) is 6.27. The van der Waals surface area contributed by atoms with E-state index in [1.54, 1.807) is 31.2 Å². The van der Waals surface area contributed by atoms with Gasteiger partial charge in [0.1, 0.15) is 5.82 Å². The summed E-state index contributed by atoms with van der Waals surface area (Å²) in [5.41, 5.74) is 1.16. The molecule has 130 valence electrons. The van der Waals surface area contributed by atoms with Crippen molar-refractivity contribution in [3.05, 3.63) is 63.4 Å². The number of carbonyl (C=O) groups excluding carboxylic acids is 1. The van der Waals surface area contributed by atoms with Crippen LogP contribution in [0.25, 0.3) is 0 Å². The fourth-order valence-electron chi connectivity index (χ4n) is 2.49. The molecular weight excluding hydrogens is 413 g/mol. The van der Waals surface area contributed by atoms with Gasteiger partial charge in [0.15, 0.2) is 4.91 Å². The Bertz CT molecular complexity index is 1020. The molecule has 3 rings (SSSR count). The van der Waals surface area contributed by atoms with Crippen LogP contribution in [0.5, 0.6) is 0 Å². The average Bonchev–Trinajstić information content (AvgIpc) is 2.56. The number of sulfone groups is 1. The second-order valence-corrected chi connectivity index (χ2v) is 8.21. The second-order valence-electron chi connectivity index (χ2n) is 5.40. The van der Waals surface area contributed by atoms with E-state index in [0.717, 1.165) is 13.3 Å². The van der Waals surface area contributed by atoms with Crippen molar-refractivity contribution in [1.29, 1.82) is 0 Å². The van der Waals surface area contributed by atoms with Crippen molar-refractivity contribution >= 4 is 43.1 Å². The third kappa shape index (κ3) is 2.96. The average molecular weight is 426 g/mol. The lowest BCUT2D eigenvalue weighted by atomic mass is 10.2. The number of hydrogen-bond acceptors (Lipinski definition) is 5. The number of hydrogen-bond donors (Lipinski definition) is 0. The quantitative estimate of drug-likeness (QED) is 0.683. The summed E-state index contributed by atoms with van der Waals surface area (Å²) in [5, 5.41) is 0. The molecule has 2 aromatic carbocycles. The van der Waals surface area contributed by atoms with Gasteiger partial charge in [0.25, 0.3) is 0 Å². The van der Waals surface area contributed by atoms with Gasteiger partial charge in [0, 0.05) is 16.4 Å². The molecular formula is C17H13BrFNO4S. The molecule has 0 unspecified atom stereocenters. The van der Waals surface area contributed by atoms with E-state index in [2.05, 4.69) is 20.7 Å². The number of anilines is 2. The summed E-state index contributed by atoms with van der Waals surface area (Å²) >= 11 is 3.30. The minimum absolute atomic E-state index is 0.0559. The topological polar surface area (TPSA) is 63.7 Å². The number of carbonyl (C=O) groups is 1. The zero-order chi connectivity index (χ0) is 18.4. The Labute approximate surface area is 152 Å². The lowest BCUT2D eigenvalue weighted by Gasteiger charge is -2.28. The Hall–Kier alpha value is -2.19. The summed E-state index contributed by atoms with van der Waals surface area (Å²) in [4.78, 5) is 12.9. The van der Waals surface area contributed by atoms with Crippen LogP contribution in [-0.2, 0) is 19.4 Å². The van der Waals surface area contributed by atoms with Crippen molar-refractivity contribution < 1.29 is 22.3 Å². The van der Waals surface area contributed by atoms with Crippen molar-refractivity contribution in [2.75, 3.05) is 12.0 Å². The summed E-state index contributed by atoms with van der Waals surface area (Å²) in [5.74, 6) is -1.42. The van der Waals surface area contributed by atoms with E-state index in [1.165, 1.54) is 17.0 Å². The molecule has 0 aliphatic carbocycles. The van der Waals surface area contributed by atoms with E-state index in [9.17, 15) is 17.6 Å². The highest BCUT2D eigenvalue weighted by molar-refractivity contribution is 9.10. The number of fused-ring (bicyclic) bond motifs is 1. The van der Waals surface area contributed by atoms with Gasteiger partial charge in [-0.2, -0.15) is 0 Å². The molecule has 8 heteroatoms. The monoisotopic (exact) mass is 425 g/mol. The van der Waals surface area contributed by atoms with Gasteiger partial charge in [-0.15, -0.1) is 0 Å². The fraction of sp³-hybridized carbons (Fsp3) is 0.118. The minimum atomic E-state index is -4.04. The van der Waals surface area contributed by atoms with E-state index in [-0.39, 0.29) is 4.90 Å². The molecule has 0 saturated carbocycles. The molecule has 1 aliphatic heterocycles. The van der Waals surface area contributed by atoms with Crippen LogP contribution in [0.15, 0.2) is 56.9 Å². The molecule has 0 radical (unpaired) electrons. The van der Waals surface area contributed by atoms with Gasteiger partial charge in [-0.25, -0.2) is 17.6 Å². The van der Waals surface area contributed by atoms with Gasteiger partial charge in [-0.3, -0.25) is 0 Å². The maximum absolute atomic E-state index is 14.0. The molecule has 0 atom stereocenters. The molecule has 2 aromatic rings. The number of halogens is 2. The Morgan fingerprint density at radius 1 is 1.20 bits per heavy atom. The van der Waals surface area contributed by atoms with Crippen LogP contribution < -0.4 is 4.90 Å². The normalized spacial score (nSPS) is 15.4. The molecule has 0 saturated heterocycles. The number of methoxy groups -OCH3 is 1. The number of esters is 1. The van der Waals surface area contributed by atoms with Crippen LogP contribution in [0.2, 0.25) is 0 Å². The van der Waals surface area contributed by atoms with E-state index in [0.29, 0.717) is 21.4 Å². The van der Waals surface area contributed by atoms with E-state index >= 15 is 0 Å². The van der Waals surface area contributed by atoms with Crippen molar-refractivity contribution in [1.82, 2.24) is 0 Å². The van der Waals surface area contributed by atoms with Crippen LogP contribution in [0.1, 0.15) is 5.56 Å². The first-order chi connectivity index (χ1) is 11.8. The molecule has 0 amide bonds. The number of aryl methyl sites for hydroxylation is 1. The molecule has 5 nitrogen and oxygen atoms in total. The van der Waals surface area contributed by atoms with Crippen molar-refractivity contribution in [3.63, 3.8) is 0 Å². The van der Waals surface area contributed by atoms with Crippen molar-refractivity contribution in [2.45, 2.75) is 11.8 Å². The Kier molecular flexibility index (Phi) is 4.42. The van der Waals surface area contributed by atoms with Gasteiger partial charge in [0.05, 0.1) is 17.7 Å². The number of nitrogens with zero attached hydrogens (tertiary/aromatic N) is 1. The van der Waals surface area contributed by atoms with Gasteiger partial charge in [-0.1, -0.05) is 22.0 Å². The van der Waals surface area contributed by atoms with Crippen LogP contribution in [0.3, 0.4) is 0 Å². The number of benzene rings is 2. The first-order valence-electron chi connectivity index (χ1n) is 7.16. The highest BCUT2D eigenvalue weighted by Crippen LogP contribution is 2.41. The van der Waals surface area contributed by atoms with Crippen molar-refractivity contribution in [2.24, 2.45) is 0 Å². The van der Waals surface area contributed by atoms with Gasteiger partial charge < -0.3 is 9.64 Å². The predicted molar refractivity (Wildman–Crippen MR) is 94.7 cm³/mol. The molecule has 0 N–H and O–H groups in total. The predicted octanol–water partition coefficient (Wildman–Crippen LogP) is 3.84. The first-order valence-corrected chi connectivity index (χ1v) is 9.43. The maximum atomic E-state index is 14.0. The zero-order valence-corrected chi connectivity index (χ0v) is 15.7. The van der Waals surface area contributed by atoms with Crippen LogP contribution in [-0.4, -0.2) is 21.5 Å². The van der Waals surface area contributed by atoms with Crippen LogP contribution >= 0.6 is 15.9 Å². The third-order valence-electron chi connectivity index (χ3n) is 3.83. The Morgan fingerprint density at radius 2 is 1.92 bits per heavy atom.